The van der Waals surface area contributed by atoms with Crippen LogP contribution in [0.15, 0.2) is 12.2 Å². The van der Waals surface area contributed by atoms with Gasteiger partial charge >= 0.3 is 7.82 Å². The van der Waals surface area contributed by atoms with Gasteiger partial charge in [-0.15, -0.1) is 0 Å². The number of allylic oxidation sites excluding steroid dienone is 2. The summed E-state index contributed by atoms with van der Waals surface area (Å²) in [6.07, 6.45) is 28.1. The molecule has 0 heterocycles. The highest BCUT2D eigenvalue weighted by Crippen LogP contribution is 2.43. The number of hydrogen-bond donors (Lipinski definition) is 1. The van der Waals surface area contributed by atoms with Crippen LogP contribution in [0, 0.1) is 0 Å². The van der Waals surface area contributed by atoms with E-state index in [0.29, 0.717) is 24.2 Å². The minimum absolute atomic E-state index is 0.0517. The van der Waals surface area contributed by atoms with Crippen molar-refractivity contribution in [3.05, 3.63) is 12.2 Å². The second kappa shape index (κ2) is 26.0. The van der Waals surface area contributed by atoms with E-state index in [0.717, 1.165) is 12.8 Å². The van der Waals surface area contributed by atoms with Crippen molar-refractivity contribution in [2.75, 3.05) is 54.1 Å². The van der Waals surface area contributed by atoms with E-state index in [9.17, 15) is 9.46 Å². The highest BCUT2D eigenvalue weighted by molar-refractivity contribution is 7.47. The van der Waals surface area contributed by atoms with Crippen LogP contribution in [0.3, 0.4) is 0 Å². The van der Waals surface area contributed by atoms with E-state index in [2.05, 4.69) is 19.1 Å². The molecule has 0 aromatic carbocycles. The van der Waals surface area contributed by atoms with Crippen LogP contribution in [-0.2, 0) is 23.1 Å². The van der Waals surface area contributed by atoms with Gasteiger partial charge in [-0.2, -0.15) is 0 Å². The van der Waals surface area contributed by atoms with Crippen LogP contribution in [0.2, 0.25) is 0 Å². The van der Waals surface area contributed by atoms with E-state index in [1.807, 2.05) is 41.9 Å². The van der Waals surface area contributed by atoms with Gasteiger partial charge in [-0.1, -0.05) is 103 Å². The van der Waals surface area contributed by atoms with Crippen molar-refractivity contribution in [1.82, 2.24) is 0 Å². The van der Waals surface area contributed by atoms with Crippen LogP contribution in [0.25, 0.3) is 0 Å². The highest BCUT2D eigenvalue weighted by Gasteiger charge is 2.27. The van der Waals surface area contributed by atoms with E-state index in [1.165, 1.54) is 103 Å². The lowest BCUT2D eigenvalue weighted by atomic mass is 10.1. The van der Waals surface area contributed by atoms with E-state index < -0.39 is 19.5 Å². The number of ether oxygens (including phenoxy) is 2. The summed E-state index contributed by atoms with van der Waals surface area (Å²) in [5, 5.41) is 0. The van der Waals surface area contributed by atoms with Gasteiger partial charge in [0.2, 0.25) is 0 Å². The molecule has 252 valence electrons. The van der Waals surface area contributed by atoms with E-state index >= 15 is 0 Å². The van der Waals surface area contributed by atoms with Crippen LogP contribution < -0.4 is 0 Å². The zero-order valence-electron chi connectivity index (χ0n) is 28.9. The lowest BCUT2D eigenvalue weighted by Gasteiger charge is -2.28. The fourth-order valence-corrected chi connectivity index (χ4v) is 5.38. The summed E-state index contributed by atoms with van der Waals surface area (Å²) >= 11 is 0. The van der Waals surface area contributed by atoms with Gasteiger partial charge in [0.25, 0.3) is 0 Å². The average Bonchev–Trinajstić information content (AvgIpc) is 2.88. The third kappa shape index (κ3) is 32.6. The molecule has 0 fully saturated rings. The van der Waals surface area contributed by atoms with Gasteiger partial charge in [-0.05, 0) is 52.9 Å². The summed E-state index contributed by atoms with van der Waals surface area (Å²) in [4.78, 5) is 10.0. The predicted molar refractivity (Wildman–Crippen MR) is 178 cm³/mol. The normalized spacial score (nSPS) is 15.0. The average molecular weight is 621 g/mol. The summed E-state index contributed by atoms with van der Waals surface area (Å²) in [5.74, 6) is 0. The number of unbranched alkanes of at least 4 members (excludes halogenated alkanes) is 16. The Morgan fingerprint density at radius 2 is 1.17 bits per heavy atom. The fraction of sp³-hybridized carbons (Fsp3) is 0.941. The lowest BCUT2D eigenvalue weighted by molar-refractivity contribution is -0.870. The Kier molecular flexibility index (Phi) is 25.8. The molecule has 0 bridgehead atoms. The smallest absolute Gasteiger partial charge is 0.379 e. The Morgan fingerprint density at radius 1 is 0.690 bits per heavy atom. The van der Waals surface area contributed by atoms with Crippen molar-refractivity contribution in [3.63, 3.8) is 0 Å². The number of likely N-dealkylation sites (N-methyl/N-ethyl adjacent to an activating group) is 1. The topological polar surface area (TPSA) is 74.2 Å². The molecule has 1 unspecified atom stereocenters. The maximum Gasteiger partial charge on any atom is 0.472 e. The first-order chi connectivity index (χ1) is 19.8. The number of phosphoric acid groups is 1. The zero-order valence-corrected chi connectivity index (χ0v) is 29.8. The first kappa shape index (κ1) is 41.7. The van der Waals surface area contributed by atoms with Gasteiger partial charge in [-0.3, -0.25) is 9.05 Å². The summed E-state index contributed by atoms with van der Waals surface area (Å²) < 4.78 is 35.1. The third-order valence-corrected chi connectivity index (χ3v) is 8.05. The first-order valence-electron chi connectivity index (χ1n) is 17.2. The minimum atomic E-state index is -4.13. The minimum Gasteiger partial charge on any atom is -0.379 e. The lowest BCUT2D eigenvalue weighted by Crippen LogP contribution is -2.37. The van der Waals surface area contributed by atoms with Gasteiger partial charge in [0.15, 0.2) is 0 Å². The molecule has 0 aromatic rings. The molecule has 0 saturated carbocycles. The predicted octanol–water partition coefficient (Wildman–Crippen LogP) is 9.62. The Morgan fingerprint density at radius 3 is 1.64 bits per heavy atom. The van der Waals surface area contributed by atoms with Crippen molar-refractivity contribution >= 4 is 7.82 Å². The number of quaternary nitrogens is 1. The molecule has 0 rings (SSSR count). The Labute approximate surface area is 261 Å². The maximum absolute atomic E-state index is 12.2. The molecule has 0 aliphatic rings. The molecule has 0 spiro atoms. The molecule has 0 aliphatic heterocycles. The molecular weight excluding hydrogens is 549 g/mol. The number of phosphoric ester groups is 1. The largest absolute Gasteiger partial charge is 0.472 e. The Balaban J connectivity index is 3.76. The molecule has 0 aliphatic carbocycles. The molecule has 0 radical (unpaired) electrons. The van der Waals surface area contributed by atoms with Crippen LogP contribution in [0.1, 0.15) is 143 Å². The molecule has 42 heavy (non-hydrogen) atoms. The van der Waals surface area contributed by atoms with Crippen molar-refractivity contribution in [2.24, 2.45) is 0 Å². The SMILES string of the molecule is CCCCCCCCCCC/C=C\CCCCCCCCCOC[C@H](COP(=O)(O)OCC[N+](C)(C)C)OC(C)(C)C. The quantitative estimate of drug-likeness (QED) is 0.0373. The Hall–Kier alpha value is -0.270. The van der Waals surface area contributed by atoms with Crippen molar-refractivity contribution in [1.29, 1.82) is 0 Å². The maximum atomic E-state index is 12.2. The summed E-state index contributed by atoms with van der Waals surface area (Å²) in [6, 6.07) is 0. The standard InChI is InChI=1S/C34H70NO6P/c1-8-9-10-11-12-13-14-15-16-17-18-19-20-21-22-23-24-25-26-27-29-38-31-33(41-34(2,3)4)32-40-42(36,37)39-30-28-35(5,6)7/h18-19,33H,8-17,20-32H2,1-7H3/p+1/b19-18-/t33-/m1/s1. The zero-order chi connectivity index (χ0) is 31.6. The molecule has 7 nitrogen and oxygen atoms in total. The molecule has 0 saturated heterocycles. The van der Waals surface area contributed by atoms with Crippen molar-refractivity contribution in [2.45, 2.75) is 155 Å². The van der Waals surface area contributed by atoms with Crippen LogP contribution in [0.5, 0.6) is 0 Å². The van der Waals surface area contributed by atoms with Gasteiger partial charge in [0.05, 0.1) is 40.0 Å². The van der Waals surface area contributed by atoms with Gasteiger partial charge < -0.3 is 18.9 Å². The summed E-state index contributed by atoms with van der Waals surface area (Å²) in [6.45, 7) is 9.81. The highest BCUT2D eigenvalue weighted by atomic mass is 31.2. The molecule has 1 N–H and O–H groups in total. The first-order valence-corrected chi connectivity index (χ1v) is 18.7. The van der Waals surface area contributed by atoms with Crippen LogP contribution in [0.4, 0.5) is 0 Å². The molecule has 2 atom stereocenters. The van der Waals surface area contributed by atoms with Crippen molar-refractivity contribution < 1.29 is 32.5 Å². The van der Waals surface area contributed by atoms with E-state index in [-0.39, 0.29) is 13.2 Å². The van der Waals surface area contributed by atoms with E-state index in [4.69, 9.17) is 18.5 Å². The molecule has 8 heteroatoms. The Bertz CT molecular complexity index is 674. The van der Waals surface area contributed by atoms with E-state index in [1.54, 1.807) is 0 Å². The van der Waals surface area contributed by atoms with Gasteiger partial charge in [-0.25, -0.2) is 4.57 Å². The number of nitrogens with zero attached hydrogens (tertiary/aromatic N) is 1. The van der Waals surface area contributed by atoms with Gasteiger partial charge in [0.1, 0.15) is 19.3 Å². The molecular formula is C34H71NO6P+. The second-order valence-electron chi connectivity index (χ2n) is 13.9. The van der Waals surface area contributed by atoms with Gasteiger partial charge in [0, 0.05) is 6.61 Å². The van der Waals surface area contributed by atoms with Crippen molar-refractivity contribution in [3.8, 4) is 0 Å². The fourth-order valence-electron chi connectivity index (χ4n) is 4.63. The molecule has 0 aromatic heterocycles. The number of hydrogen-bond acceptors (Lipinski definition) is 5. The second-order valence-corrected chi connectivity index (χ2v) is 15.3. The monoisotopic (exact) mass is 621 g/mol. The number of rotatable bonds is 30. The third-order valence-electron chi connectivity index (χ3n) is 7.06. The van der Waals surface area contributed by atoms with Crippen LogP contribution >= 0.6 is 7.82 Å². The summed E-state index contributed by atoms with van der Waals surface area (Å²) in [5.41, 5.74) is -0.413. The summed E-state index contributed by atoms with van der Waals surface area (Å²) in [7, 11) is 1.86. The molecule has 0 amide bonds. The van der Waals surface area contributed by atoms with Crippen LogP contribution in [-0.4, -0.2) is 75.2 Å².